The number of alkyl halides is 3. The SMILES string of the molecule is O=C(CCC(=O)OCC(=O)Nc1cccc2ccccc12)Nc1cccc(C(F)(F)F)c1. The Labute approximate surface area is 181 Å². The van der Waals surface area contributed by atoms with Crippen LogP contribution in [0.15, 0.2) is 66.7 Å². The van der Waals surface area contributed by atoms with E-state index in [1.165, 1.54) is 12.1 Å². The quantitative estimate of drug-likeness (QED) is 0.515. The van der Waals surface area contributed by atoms with Crippen LogP contribution in [0.4, 0.5) is 24.5 Å². The van der Waals surface area contributed by atoms with E-state index in [9.17, 15) is 27.6 Å². The second-order valence-corrected chi connectivity index (χ2v) is 6.86. The first-order chi connectivity index (χ1) is 15.2. The summed E-state index contributed by atoms with van der Waals surface area (Å²) in [6.45, 7) is -0.530. The van der Waals surface area contributed by atoms with Crippen LogP contribution in [-0.2, 0) is 25.3 Å². The van der Waals surface area contributed by atoms with Crippen LogP contribution < -0.4 is 10.6 Å². The zero-order chi connectivity index (χ0) is 23.1. The average Bonchev–Trinajstić information content (AvgIpc) is 2.76. The summed E-state index contributed by atoms with van der Waals surface area (Å²) in [6.07, 6.45) is -5.16. The fraction of sp³-hybridized carbons (Fsp3) is 0.174. The van der Waals surface area contributed by atoms with E-state index in [2.05, 4.69) is 10.6 Å². The predicted octanol–water partition coefficient (Wildman–Crippen LogP) is 4.76. The minimum Gasteiger partial charge on any atom is -0.456 e. The Hall–Kier alpha value is -3.88. The van der Waals surface area contributed by atoms with E-state index in [1.54, 1.807) is 12.1 Å². The van der Waals surface area contributed by atoms with Gasteiger partial charge < -0.3 is 15.4 Å². The van der Waals surface area contributed by atoms with Crippen molar-refractivity contribution in [1.82, 2.24) is 0 Å². The van der Waals surface area contributed by atoms with Gasteiger partial charge in [0.25, 0.3) is 5.91 Å². The molecular weight excluding hydrogens is 425 g/mol. The Balaban J connectivity index is 1.44. The van der Waals surface area contributed by atoms with Crippen molar-refractivity contribution in [3.05, 3.63) is 72.3 Å². The second kappa shape index (κ2) is 9.95. The number of esters is 1. The Morgan fingerprint density at radius 3 is 2.31 bits per heavy atom. The molecule has 2 N–H and O–H groups in total. The number of nitrogens with one attached hydrogen (secondary N) is 2. The average molecular weight is 444 g/mol. The van der Waals surface area contributed by atoms with E-state index in [1.807, 2.05) is 30.3 Å². The fourth-order valence-electron chi connectivity index (χ4n) is 2.95. The Morgan fingerprint density at radius 2 is 1.53 bits per heavy atom. The van der Waals surface area contributed by atoms with E-state index < -0.39 is 36.1 Å². The third-order valence-corrected chi connectivity index (χ3v) is 4.46. The van der Waals surface area contributed by atoms with Crippen LogP contribution in [0.5, 0.6) is 0 Å². The number of carbonyl (C=O) groups is 3. The maximum Gasteiger partial charge on any atom is 0.416 e. The molecule has 0 radical (unpaired) electrons. The molecule has 32 heavy (non-hydrogen) atoms. The smallest absolute Gasteiger partial charge is 0.416 e. The largest absolute Gasteiger partial charge is 0.456 e. The summed E-state index contributed by atoms with van der Waals surface area (Å²) in [4.78, 5) is 35.8. The molecule has 0 spiro atoms. The normalized spacial score (nSPS) is 11.1. The molecule has 0 aromatic heterocycles. The molecule has 0 heterocycles. The molecule has 0 atom stereocenters. The maximum atomic E-state index is 12.7. The first-order valence-corrected chi connectivity index (χ1v) is 9.63. The molecule has 0 aliphatic heterocycles. The molecule has 0 unspecified atom stereocenters. The van der Waals surface area contributed by atoms with Crippen LogP contribution in [-0.4, -0.2) is 24.4 Å². The highest BCUT2D eigenvalue weighted by molar-refractivity contribution is 6.02. The van der Waals surface area contributed by atoms with Crippen LogP contribution >= 0.6 is 0 Å². The molecule has 0 saturated carbocycles. The molecule has 0 fully saturated rings. The van der Waals surface area contributed by atoms with Crippen molar-refractivity contribution in [3.8, 4) is 0 Å². The summed E-state index contributed by atoms with van der Waals surface area (Å²) in [5, 5.41) is 6.74. The lowest BCUT2D eigenvalue weighted by molar-refractivity contribution is -0.147. The van der Waals surface area contributed by atoms with E-state index in [0.29, 0.717) is 5.69 Å². The highest BCUT2D eigenvalue weighted by Gasteiger charge is 2.30. The van der Waals surface area contributed by atoms with Gasteiger partial charge in [0, 0.05) is 23.2 Å². The number of halogens is 3. The van der Waals surface area contributed by atoms with Gasteiger partial charge in [0.2, 0.25) is 5.91 Å². The molecule has 0 bridgehead atoms. The summed E-state index contributed by atoms with van der Waals surface area (Å²) in [6, 6.07) is 17.0. The molecule has 3 rings (SSSR count). The summed E-state index contributed by atoms with van der Waals surface area (Å²) in [7, 11) is 0. The molecule has 3 aromatic carbocycles. The van der Waals surface area contributed by atoms with Gasteiger partial charge in [-0.3, -0.25) is 14.4 Å². The Kier molecular flexibility index (Phi) is 7.09. The van der Waals surface area contributed by atoms with Gasteiger partial charge in [-0.1, -0.05) is 42.5 Å². The number of rotatable bonds is 7. The lowest BCUT2D eigenvalue weighted by atomic mass is 10.1. The van der Waals surface area contributed by atoms with Crippen molar-refractivity contribution in [1.29, 1.82) is 0 Å². The summed E-state index contributed by atoms with van der Waals surface area (Å²) in [5.74, 6) is -1.97. The van der Waals surface area contributed by atoms with Crippen LogP contribution in [0.1, 0.15) is 18.4 Å². The second-order valence-electron chi connectivity index (χ2n) is 6.86. The molecule has 3 aromatic rings. The lowest BCUT2D eigenvalue weighted by Crippen LogP contribution is -2.22. The van der Waals surface area contributed by atoms with Crippen LogP contribution in [0.3, 0.4) is 0 Å². The van der Waals surface area contributed by atoms with E-state index in [4.69, 9.17) is 4.74 Å². The van der Waals surface area contributed by atoms with Crippen molar-refractivity contribution in [2.75, 3.05) is 17.2 Å². The Morgan fingerprint density at radius 1 is 0.812 bits per heavy atom. The number of fused-ring (bicyclic) bond motifs is 1. The third-order valence-electron chi connectivity index (χ3n) is 4.46. The minimum absolute atomic E-state index is 0.0346. The van der Waals surface area contributed by atoms with Crippen LogP contribution in [0.2, 0.25) is 0 Å². The topological polar surface area (TPSA) is 84.5 Å². The molecular formula is C23H19F3N2O4. The summed E-state index contributed by atoms with van der Waals surface area (Å²) >= 11 is 0. The van der Waals surface area contributed by atoms with Gasteiger partial charge in [0.15, 0.2) is 6.61 Å². The van der Waals surface area contributed by atoms with Crippen molar-refractivity contribution in [2.45, 2.75) is 19.0 Å². The van der Waals surface area contributed by atoms with Gasteiger partial charge in [0.05, 0.1) is 12.0 Å². The summed E-state index contributed by atoms with van der Waals surface area (Å²) < 4.78 is 43.0. The van der Waals surface area contributed by atoms with Gasteiger partial charge >= 0.3 is 12.1 Å². The van der Waals surface area contributed by atoms with Crippen molar-refractivity contribution < 1.29 is 32.3 Å². The van der Waals surface area contributed by atoms with Crippen molar-refractivity contribution in [2.24, 2.45) is 0 Å². The number of benzene rings is 3. The van der Waals surface area contributed by atoms with E-state index in [0.717, 1.165) is 22.9 Å². The molecule has 9 heteroatoms. The predicted molar refractivity (Wildman–Crippen MR) is 113 cm³/mol. The zero-order valence-corrected chi connectivity index (χ0v) is 16.7. The number of amides is 2. The molecule has 166 valence electrons. The lowest BCUT2D eigenvalue weighted by Gasteiger charge is -2.10. The minimum atomic E-state index is -4.53. The molecule has 6 nitrogen and oxygen atoms in total. The number of anilines is 2. The van der Waals surface area contributed by atoms with Crippen LogP contribution in [0.25, 0.3) is 10.8 Å². The molecule has 2 amide bonds. The molecule has 0 aliphatic carbocycles. The monoisotopic (exact) mass is 444 g/mol. The number of ether oxygens (including phenoxy) is 1. The van der Waals surface area contributed by atoms with Gasteiger partial charge in [-0.25, -0.2) is 0 Å². The standard InChI is InChI=1S/C23H19F3N2O4/c24-23(25,26)16-7-4-8-17(13-16)27-20(29)11-12-22(31)32-14-21(30)28-19-10-3-6-15-5-1-2-9-18(15)19/h1-10,13H,11-12,14H2,(H,27,29)(H,28,30). The zero-order valence-electron chi connectivity index (χ0n) is 16.7. The first-order valence-electron chi connectivity index (χ1n) is 9.63. The van der Waals surface area contributed by atoms with Crippen molar-refractivity contribution >= 4 is 39.9 Å². The van der Waals surface area contributed by atoms with E-state index >= 15 is 0 Å². The highest BCUT2D eigenvalue weighted by atomic mass is 19.4. The van der Waals surface area contributed by atoms with Crippen molar-refractivity contribution in [3.63, 3.8) is 0 Å². The number of hydrogen-bond donors (Lipinski definition) is 2. The van der Waals surface area contributed by atoms with Crippen LogP contribution in [0, 0.1) is 0 Å². The van der Waals surface area contributed by atoms with E-state index in [-0.39, 0.29) is 18.5 Å². The molecule has 0 aliphatic rings. The van der Waals surface area contributed by atoms with Gasteiger partial charge in [-0.15, -0.1) is 0 Å². The summed E-state index contributed by atoms with van der Waals surface area (Å²) in [5.41, 5.74) is -0.357. The number of carbonyl (C=O) groups excluding carboxylic acids is 3. The maximum absolute atomic E-state index is 12.7. The molecule has 0 saturated heterocycles. The van der Waals surface area contributed by atoms with Gasteiger partial charge in [-0.05, 0) is 29.7 Å². The van der Waals surface area contributed by atoms with Gasteiger partial charge in [-0.2, -0.15) is 13.2 Å². The Bertz CT molecular complexity index is 1140. The fourth-order valence-corrected chi connectivity index (χ4v) is 2.95. The van der Waals surface area contributed by atoms with Gasteiger partial charge in [0.1, 0.15) is 0 Å². The number of hydrogen-bond acceptors (Lipinski definition) is 4. The highest BCUT2D eigenvalue weighted by Crippen LogP contribution is 2.30. The first kappa shape index (κ1) is 22.8. The third kappa shape index (κ3) is 6.31.